The number of nitrogens with one attached hydrogen (secondary N) is 1. The molecule has 1 atom stereocenters. The largest absolute Gasteiger partial charge is 0.314 e. The van der Waals surface area contributed by atoms with Gasteiger partial charge in [0.2, 0.25) is 0 Å². The van der Waals surface area contributed by atoms with E-state index in [9.17, 15) is 0 Å². The highest BCUT2D eigenvalue weighted by atomic mass is 14.9. The standard InChI is InChI=1S/C15H29N/c1-2-16-15(14-10-6-7-11-14)12-13-8-4-3-5-9-13/h13-16H,2-12H2,1H3. The molecule has 1 heteroatoms. The Kier molecular flexibility index (Phi) is 5.15. The van der Waals surface area contributed by atoms with Crippen LogP contribution in [0.3, 0.4) is 0 Å². The highest BCUT2D eigenvalue weighted by molar-refractivity contribution is 4.83. The summed E-state index contributed by atoms with van der Waals surface area (Å²) in [5.74, 6) is 2.04. The number of hydrogen-bond acceptors (Lipinski definition) is 1. The van der Waals surface area contributed by atoms with Gasteiger partial charge < -0.3 is 5.32 Å². The van der Waals surface area contributed by atoms with Crippen molar-refractivity contribution in [1.82, 2.24) is 5.32 Å². The lowest BCUT2D eigenvalue weighted by Crippen LogP contribution is -2.37. The van der Waals surface area contributed by atoms with Crippen LogP contribution in [0.4, 0.5) is 0 Å². The summed E-state index contributed by atoms with van der Waals surface area (Å²) >= 11 is 0. The smallest absolute Gasteiger partial charge is 0.00978 e. The normalized spacial score (nSPS) is 26.1. The average molecular weight is 223 g/mol. The Balaban J connectivity index is 1.80. The predicted octanol–water partition coefficient (Wildman–Crippen LogP) is 4.13. The molecular weight excluding hydrogens is 194 g/mol. The van der Waals surface area contributed by atoms with Gasteiger partial charge in [-0.3, -0.25) is 0 Å². The molecule has 2 aliphatic carbocycles. The van der Waals surface area contributed by atoms with E-state index < -0.39 is 0 Å². The minimum Gasteiger partial charge on any atom is -0.314 e. The quantitative estimate of drug-likeness (QED) is 0.739. The summed E-state index contributed by atoms with van der Waals surface area (Å²) in [7, 11) is 0. The van der Waals surface area contributed by atoms with Gasteiger partial charge in [-0.2, -0.15) is 0 Å². The second kappa shape index (κ2) is 6.64. The zero-order valence-corrected chi connectivity index (χ0v) is 11.0. The molecule has 1 unspecified atom stereocenters. The first-order chi connectivity index (χ1) is 7.90. The van der Waals surface area contributed by atoms with E-state index in [2.05, 4.69) is 12.2 Å². The van der Waals surface area contributed by atoms with Crippen LogP contribution in [0.1, 0.15) is 71.1 Å². The Bertz CT molecular complexity index is 178. The van der Waals surface area contributed by atoms with Gasteiger partial charge >= 0.3 is 0 Å². The van der Waals surface area contributed by atoms with Crippen molar-refractivity contribution < 1.29 is 0 Å². The van der Waals surface area contributed by atoms with Crippen LogP contribution < -0.4 is 5.32 Å². The first kappa shape index (κ1) is 12.4. The van der Waals surface area contributed by atoms with Crippen molar-refractivity contribution in [1.29, 1.82) is 0 Å². The van der Waals surface area contributed by atoms with Gasteiger partial charge in [0.25, 0.3) is 0 Å². The van der Waals surface area contributed by atoms with Gasteiger partial charge in [-0.05, 0) is 37.6 Å². The maximum absolute atomic E-state index is 3.77. The molecule has 0 spiro atoms. The molecule has 2 saturated carbocycles. The minimum absolute atomic E-state index is 0.843. The van der Waals surface area contributed by atoms with Crippen LogP contribution in [0.2, 0.25) is 0 Å². The Morgan fingerprint density at radius 2 is 1.56 bits per heavy atom. The molecule has 0 aromatic rings. The third-order valence-corrected chi connectivity index (χ3v) is 4.75. The van der Waals surface area contributed by atoms with Crippen molar-refractivity contribution in [2.75, 3.05) is 6.54 Å². The molecule has 0 amide bonds. The van der Waals surface area contributed by atoms with Gasteiger partial charge in [0, 0.05) is 6.04 Å². The highest BCUT2D eigenvalue weighted by Gasteiger charge is 2.27. The summed E-state index contributed by atoms with van der Waals surface area (Å²) < 4.78 is 0. The predicted molar refractivity (Wildman–Crippen MR) is 70.6 cm³/mol. The molecular formula is C15H29N. The van der Waals surface area contributed by atoms with Gasteiger partial charge in [-0.25, -0.2) is 0 Å². The van der Waals surface area contributed by atoms with Crippen LogP contribution in [0.25, 0.3) is 0 Å². The van der Waals surface area contributed by atoms with Crippen LogP contribution in [0.15, 0.2) is 0 Å². The zero-order valence-electron chi connectivity index (χ0n) is 11.0. The zero-order chi connectivity index (χ0) is 11.2. The Morgan fingerprint density at radius 3 is 2.19 bits per heavy atom. The van der Waals surface area contributed by atoms with Crippen LogP contribution in [0, 0.1) is 11.8 Å². The van der Waals surface area contributed by atoms with E-state index in [0.29, 0.717) is 0 Å². The van der Waals surface area contributed by atoms with Gasteiger partial charge in [-0.1, -0.05) is 51.9 Å². The second-order valence-corrected chi connectivity index (χ2v) is 5.95. The molecule has 2 fully saturated rings. The molecule has 0 bridgehead atoms. The highest BCUT2D eigenvalue weighted by Crippen LogP contribution is 2.34. The molecule has 0 heterocycles. The van der Waals surface area contributed by atoms with Crippen LogP contribution >= 0.6 is 0 Å². The first-order valence-electron chi connectivity index (χ1n) is 7.63. The van der Waals surface area contributed by atoms with Crippen molar-refractivity contribution in [2.45, 2.75) is 77.2 Å². The monoisotopic (exact) mass is 223 g/mol. The molecule has 1 nitrogen and oxygen atoms in total. The summed E-state index contributed by atoms with van der Waals surface area (Å²) in [6, 6.07) is 0.843. The van der Waals surface area contributed by atoms with Crippen molar-refractivity contribution in [3.63, 3.8) is 0 Å². The van der Waals surface area contributed by atoms with E-state index in [-0.39, 0.29) is 0 Å². The molecule has 1 N–H and O–H groups in total. The SMILES string of the molecule is CCNC(CC1CCCCC1)C1CCCC1. The Labute approximate surface area is 101 Å². The maximum atomic E-state index is 3.77. The van der Waals surface area contributed by atoms with E-state index in [0.717, 1.165) is 24.4 Å². The summed E-state index contributed by atoms with van der Waals surface area (Å²) in [5.41, 5.74) is 0. The lowest BCUT2D eigenvalue weighted by Gasteiger charge is -2.30. The topological polar surface area (TPSA) is 12.0 Å². The van der Waals surface area contributed by atoms with E-state index in [1.807, 2.05) is 0 Å². The molecule has 94 valence electrons. The Hall–Kier alpha value is -0.0400. The molecule has 0 saturated heterocycles. The van der Waals surface area contributed by atoms with Crippen molar-refractivity contribution >= 4 is 0 Å². The lowest BCUT2D eigenvalue weighted by molar-refractivity contribution is 0.253. The van der Waals surface area contributed by atoms with Gasteiger partial charge in [0.15, 0.2) is 0 Å². The summed E-state index contributed by atoms with van der Waals surface area (Å²) in [5, 5.41) is 3.77. The third kappa shape index (κ3) is 3.48. The summed E-state index contributed by atoms with van der Waals surface area (Å²) in [4.78, 5) is 0. The number of hydrogen-bond donors (Lipinski definition) is 1. The molecule has 0 aromatic carbocycles. The van der Waals surface area contributed by atoms with Crippen molar-refractivity contribution in [2.24, 2.45) is 11.8 Å². The van der Waals surface area contributed by atoms with Crippen LogP contribution in [-0.4, -0.2) is 12.6 Å². The third-order valence-electron chi connectivity index (χ3n) is 4.75. The molecule has 16 heavy (non-hydrogen) atoms. The summed E-state index contributed by atoms with van der Waals surface area (Å²) in [6.45, 7) is 3.43. The van der Waals surface area contributed by atoms with E-state index >= 15 is 0 Å². The van der Waals surface area contributed by atoms with E-state index in [1.54, 1.807) is 0 Å². The van der Waals surface area contributed by atoms with E-state index in [4.69, 9.17) is 0 Å². The molecule has 0 radical (unpaired) electrons. The van der Waals surface area contributed by atoms with Gasteiger partial charge in [0.05, 0.1) is 0 Å². The molecule has 0 aromatic heterocycles. The van der Waals surface area contributed by atoms with Gasteiger partial charge in [-0.15, -0.1) is 0 Å². The minimum atomic E-state index is 0.843. The lowest BCUT2D eigenvalue weighted by atomic mass is 9.81. The Morgan fingerprint density at radius 1 is 0.938 bits per heavy atom. The van der Waals surface area contributed by atoms with Crippen molar-refractivity contribution in [3.05, 3.63) is 0 Å². The van der Waals surface area contributed by atoms with Gasteiger partial charge in [0.1, 0.15) is 0 Å². The summed E-state index contributed by atoms with van der Waals surface area (Å²) in [6.07, 6.45) is 14.9. The fourth-order valence-corrected chi connectivity index (χ4v) is 3.85. The fourth-order valence-electron chi connectivity index (χ4n) is 3.85. The van der Waals surface area contributed by atoms with Crippen molar-refractivity contribution in [3.8, 4) is 0 Å². The molecule has 2 rings (SSSR count). The first-order valence-corrected chi connectivity index (χ1v) is 7.63. The fraction of sp³-hybridized carbons (Fsp3) is 1.00. The molecule has 2 aliphatic rings. The molecule has 0 aliphatic heterocycles. The van der Waals surface area contributed by atoms with E-state index in [1.165, 1.54) is 64.2 Å². The average Bonchev–Trinajstić information content (AvgIpc) is 2.83. The van der Waals surface area contributed by atoms with Crippen LogP contribution in [0.5, 0.6) is 0 Å². The number of rotatable bonds is 5. The van der Waals surface area contributed by atoms with Crippen LogP contribution in [-0.2, 0) is 0 Å². The second-order valence-electron chi connectivity index (χ2n) is 5.95. The maximum Gasteiger partial charge on any atom is 0.00978 e.